The average molecular weight is 331 g/mol. The van der Waals surface area contributed by atoms with Gasteiger partial charge in [-0.1, -0.05) is 6.92 Å². The second-order valence-corrected chi connectivity index (χ2v) is 6.73. The van der Waals surface area contributed by atoms with E-state index in [4.69, 9.17) is 29.8 Å². The molecule has 8 heteroatoms. The van der Waals surface area contributed by atoms with Crippen molar-refractivity contribution >= 4 is 16.2 Å². The summed E-state index contributed by atoms with van der Waals surface area (Å²) >= 11 is 0. The lowest BCUT2D eigenvalue weighted by atomic mass is 9.92. The van der Waals surface area contributed by atoms with Crippen LogP contribution >= 0.6 is 8.38 Å². The molecule has 0 amide bonds. The fourth-order valence-corrected chi connectivity index (χ4v) is 3.51. The largest absolute Gasteiger partial charge is 0.382 e. The molecule has 1 saturated heterocycles. The van der Waals surface area contributed by atoms with Gasteiger partial charge >= 0.3 is 0 Å². The van der Waals surface area contributed by atoms with E-state index in [0.717, 1.165) is 6.42 Å². The maximum Gasteiger partial charge on any atom is 0.238 e. The van der Waals surface area contributed by atoms with Crippen molar-refractivity contribution in [3.8, 4) is 0 Å². The zero-order valence-corrected chi connectivity index (χ0v) is 15.0. The zero-order chi connectivity index (χ0) is 16.5. The summed E-state index contributed by atoms with van der Waals surface area (Å²) in [6.07, 6.45) is 0.560. The van der Waals surface area contributed by atoms with Crippen LogP contribution in [0, 0.1) is 6.57 Å². The lowest BCUT2D eigenvalue weighted by Crippen LogP contribution is -2.39. The molecule has 0 saturated carbocycles. The van der Waals surface area contributed by atoms with Crippen molar-refractivity contribution in [3.05, 3.63) is 11.4 Å². The summed E-state index contributed by atoms with van der Waals surface area (Å²) in [5.41, 5.74) is 0. The van der Waals surface area contributed by atoms with E-state index in [1.165, 1.54) is 0 Å². The van der Waals surface area contributed by atoms with Gasteiger partial charge in [0.2, 0.25) is 6.54 Å². The van der Waals surface area contributed by atoms with E-state index in [1.54, 1.807) is 7.11 Å². The summed E-state index contributed by atoms with van der Waals surface area (Å²) in [5, 5.41) is 0. The Bertz CT molecular complexity index is 357. The van der Waals surface area contributed by atoms with E-state index in [-0.39, 0.29) is 30.4 Å². The number of hydrogen-bond acceptors (Lipinski definition) is 5. The van der Waals surface area contributed by atoms with Gasteiger partial charge in [0, 0.05) is 13.8 Å². The Balaban J connectivity index is 2.61. The molecule has 126 valence electrons. The van der Waals surface area contributed by atoms with Crippen LogP contribution in [0.15, 0.2) is 0 Å². The molecule has 1 aliphatic heterocycles. The van der Waals surface area contributed by atoms with Crippen LogP contribution in [0.4, 0.5) is 0 Å². The molecule has 6 nitrogen and oxygen atoms in total. The topological polar surface area (TPSA) is 50.5 Å². The average Bonchev–Trinajstić information content (AvgIpc) is 2.76. The van der Waals surface area contributed by atoms with Gasteiger partial charge in [0.15, 0.2) is 8.38 Å². The van der Waals surface area contributed by atoms with Gasteiger partial charge in [0.25, 0.3) is 0 Å². The van der Waals surface area contributed by atoms with E-state index < -0.39 is 8.38 Å². The number of nitrogens with zero attached hydrogens (tertiary/aromatic N) is 1. The maximum absolute atomic E-state index is 6.77. The van der Waals surface area contributed by atoms with Crippen LogP contribution in [0.1, 0.15) is 20.3 Å². The summed E-state index contributed by atoms with van der Waals surface area (Å²) in [6.45, 7) is 14.0. The summed E-state index contributed by atoms with van der Waals surface area (Å²) in [7, 11) is 2.62. The molecule has 22 heavy (non-hydrogen) atoms. The minimum Gasteiger partial charge on any atom is -0.382 e. The molecule has 0 aliphatic carbocycles. The summed E-state index contributed by atoms with van der Waals surface area (Å²) in [4.78, 5) is 3.27. The summed E-state index contributed by atoms with van der Waals surface area (Å²) in [6, 6.07) is -0.0269. The standard InChI is InChI=1S/C14H27BNO5P/c1-6-11-12(21-22(5)18-8-7-16-3)13(14(15)20-11)19-10(2)9-17-4/h10-14H,6-9,15H2,1-2,4-5H3/t10?,11-,12+,13?,14-,22?/m1/s1. The highest BCUT2D eigenvalue weighted by Gasteiger charge is 2.44. The molecule has 1 fully saturated rings. The van der Waals surface area contributed by atoms with Crippen molar-refractivity contribution < 1.29 is 23.3 Å². The molecule has 0 aromatic heterocycles. The fraction of sp³-hybridized carbons (Fsp3) is 0.929. The minimum atomic E-state index is -1.05. The van der Waals surface area contributed by atoms with Crippen LogP contribution < -0.4 is 0 Å². The molecule has 0 aromatic rings. The van der Waals surface area contributed by atoms with E-state index in [2.05, 4.69) is 11.8 Å². The highest BCUT2D eigenvalue weighted by molar-refractivity contribution is 7.46. The van der Waals surface area contributed by atoms with Crippen LogP contribution in [-0.2, 0) is 23.3 Å². The molecule has 0 bridgehead atoms. The van der Waals surface area contributed by atoms with Crippen LogP contribution in [-0.4, -0.2) is 71.8 Å². The van der Waals surface area contributed by atoms with Gasteiger partial charge in [-0.2, -0.15) is 0 Å². The Kier molecular flexibility index (Phi) is 9.50. The van der Waals surface area contributed by atoms with E-state index in [9.17, 15) is 0 Å². The quantitative estimate of drug-likeness (QED) is 0.262. The van der Waals surface area contributed by atoms with Crippen LogP contribution in [0.5, 0.6) is 0 Å². The Morgan fingerprint density at radius 2 is 2.14 bits per heavy atom. The van der Waals surface area contributed by atoms with E-state index in [1.807, 2.05) is 21.4 Å². The van der Waals surface area contributed by atoms with Gasteiger partial charge in [-0.15, -0.1) is 0 Å². The van der Waals surface area contributed by atoms with Gasteiger partial charge in [0.05, 0.1) is 24.8 Å². The molecule has 6 atom stereocenters. The van der Waals surface area contributed by atoms with Crippen molar-refractivity contribution in [2.24, 2.45) is 0 Å². The van der Waals surface area contributed by atoms with E-state index in [0.29, 0.717) is 19.8 Å². The monoisotopic (exact) mass is 331 g/mol. The Morgan fingerprint density at radius 1 is 1.41 bits per heavy atom. The summed E-state index contributed by atoms with van der Waals surface area (Å²) < 4.78 is 28.8. The smallest absolute Gasteiger partial charge is 0.238 e. The molecule has 1 aliphatic rings. The number of rotatable bonds is 10. The third-order valence-corrected chi connectivity index (χ3v) is 4.57. The molecule has 0 radical (unpaired) electrons. The van der Waals surface area contributed by atoms with Crippen LogP contribution in [0.25, 0.3) is 4.85 Å². The number of ether oxygens (including phenoxy) is 3. The first-order valence-electron chi connectivity index (χ1n) is 7.69. The van der Waals surface area contributed by atoms with Crippen molar-refractivity contribution in [2.45, 2.75) is 50.7 Å². The van der Waals surface area contributed by atoms with Gasteiger partial charge in [-0.25, -0.2) is 6.57 Å². The predicted molar refractivity (Wildman–Crippen MR) is 88.8 cm³/mol. The van der Waals surface area contributed by atoms with Gasteiger partial charge in [-0.3, -0.25) is 0 Å². The Morgan fingerprint density at radius 3 is 2.73 bits per heavy atom. The Hall–Kier alpha value is -0.215. The number of hydrogen-bond donors (Lipinski definition) is 0. The van der Waals surface area contributed by atoms with Crippen molar-refractivity contribution in [1.29, 1.82) is 0 Å². The van der Waals surface area contributed by atoms with Gasteiger partial charge < -0.3 is 28.1 Å². The second-order valence-electron chi connectivity index (χ2n) is 5.38. The minimum absolute atomic E-state index is 0.00385. The first kappa shape index (κ1) is 19.8. The highest BCUT2D eigenvalue weighted by atomic mass is 31.2. The second kappa shape index (κ2) is 10.5. The third kappa shape index (κ3) is 6.12. The zero-order valence-electron chi connectivity index (χ0n) is 14.2. The molecule has 0 aromatic carbocycles. The normalized spacial score (nSPS) is 30.9. The lowest BCUT2D eigenvalue weighted by Gasteiger charge is -2.28. The molecule has 0 N–H and O–H groups in total. The van der Waals surface area contributed by atoms with Crippen molar-refractivity contribution in [1.82, 2.24) is 0 Å². The molecule has 1 rings (SSSR count). The molecule has 3 unspecified atom stereocenters. The first-order chi connectivity index (χ1) is 10.5. The fourth-order valence-electron chi connectivity index (χ4n) is 2.51. The molecular weight excluding hydrogens is 304 g/mol. The summed E-state index contributed by atoms with van der Waals surface area (Å²) in [5.74, 6) is 0. The first-order valence-corrected chi connectivity index (χ1v) is 9.32. The van der Waals surface area contributed by atoms with E-state index >= 15 is 0 Å². The van der Waals surface area contributed by atoms with Crippen LogP contribution in [0.2, 0.25) is 0 Å². The molecular formula is C14H27BNO5P. The number of methoxy groups -OCH3 is 1. The Labute approximate surface area is 135 Å². The molecule has 0 spiro atoms. The highest BCUT2D eigenvalue weighted by Crippen LogP contribution is 2.41. The third-order valence-electron chi connectivity index (χ3n) is 3.48. The van der Waals surface area contributed by atoms with Gasteiger partial charge in [0.1, 0.15) is 26.7 Å². The molecule has 1 heterocycles. The van der Waals surface area contributed by atoms with Crippen molar-refractivity contribution in [3.63, 3.8) is 0 Å². The van der Waals surface area contributed by atoms with Gasteiger partial charge in [-0.05, 0) is 13.3 Å². The van der Waals surface area contributed by atoms with Crippen molar-refractivity contribution in [2.75, 3.05) is 33.5 Å². The van der Waals surface area contributed by atoms with Crippen LogP contribution in [0.3, 0.4) is 0 Å². The predicted octanol–water partition coefficient (Wildman–Crippen LogP) is 1.44. The lowest BCUT2D eigenvalue weighted by molar-refractivity contribution is -0.0737. The SMILES string of the molecule is B[C@@H]1O[C@H](CC)[C@H](OP(C)OCC[N+]#[C-])C1OC(C)COC. The maximum atomic E-state index is 6.77.